The van der Waals surface area contributed by atoms with Crippen molar-refractivity contribution in [2.75, 3.05) is 0 Å². The molecule has 0 aliphatic heterocycles. The number of nitrogens with zero attached hydrogens (tertiary/aromatic N) is 1. The van der Waals surface area contributed by atoms with Gasteiger partial charge < -0.3 is 9.88 Å². The van der Waals surface area contributed by atoms with E-state index < -0.39 is 23.2 Å². The zero-order chi connectivity index (χ0) is 19.4. The Labute approximate surface area is 156 Å². The van der Waals surface area contributed by atoms with Gasteiger partial charge in [0.25, 0.3) is 5.56 Å². The Morgan fingerprint density at radius 3 is 2.26 bits per heavy atom. The highest BCUT2D eigenvalue weighted by Gasteiger charge is 2.53. The molecule has 27 heavy (non-hydrogen) atoms. The normalized spacial score (nSPS) is 33.1. The maximum absolute atomic E-state index is 12.9. The fourth-order valence-electron chi connectivity index (χ4n) is 6.13. The molecule has 4 bridgehead atoms. The molecule has 0 spiro atoms. The fourth-order valence-corrected chi connectivity index (χ4v) is 6.13. The predicted molar refractivity (Wildman–Crippen MR) is 93.9 cm³/mol. The van der Waals surface area contributed by atoms with Crippen molar-refractivity contribution in [3.8, 4) is 0 Å². The minimum atomic E-state index is -4.54. The maximum atomic E-state index is 12.9. The Hall–Kier alpha value is -1.79. The van der Waals surface area contributed by atoms with Crippen LogP contribution in [-0.2, 0) is 17.5 Å². The number of carbonyl (C=O) groups is 1. The Balaban J connectivity index is 1.45. The average Bonchev–Trinajstić information content (AvgIpc) is 2.54. The summed E-state index contributed by atoms with van der Waals surface area (Å²) in [4.78, 5) is 24.3. The molecule has 4 nitrogen and oxygen atoms in total. The summed E-state index contributed by atoms with van der Waals surface area (Å²) in [6.45, 7) is 1.62. The zero-order valence-electron chi connectivity index (χ0n) is 15.4. The van der Waals surface area contributed by atoms with Crippen LogP contribution in [0.3, 0.4) is 0 Å². The summed E-state index contributed by atoms with van der Waals surface area (Å²) in [5.41, 5.74) is -1.42. The van der Waals surface area contributed by atoms with Crippen LogP contribution in [0.1, 0.15) is 51.0 Å². The third-order valence-corrected chi connectivity index (χ3v) is 7.01. The third-order valence-electron chi connectivity index (χ3n) is 7.01. The van der Waals surface area contributed by atoms with Crippen LogP contribution < -0.4 is 10.9 Å². The van der Waals surface area contributed by atoms with Crippen molar-refractivity contribution in [2.45, 2.75) is 64.2 Å². The second-order valence-corrected chi connectivity index (χ2v) is 8.95. The number of nitrogens with one attached hydrogen (secondary N) is 1. The molecule has 0 saturated heterocycles. The average molecular weight is 382 g/mol. The Morgan fingerprint density at radius 1 is 1.19 bits per heavy atom. The van der Waals surface area contributed by atoms with E-state index in [2.05, 4.69) is 5.32 Å². The highest BCUT2D eigenvalue weighted by atomic mass is 19.4. The van der Waals surface area contributed by atoms with Crippen LogP contribution >= 0.6 is 0 Å². The number of amides is 1. The molecule has 5 rings (SSSR count). The van der Waals surface area contributed by atoms with Gasteiger partial charge in [0.2, 0.25) is 5.91 Å². The van der Waals surface area contributed by atoms with E-state index in [0.29, 0.717) is 0 Å². The van der Waals surface area contributed by atoms with Crippen LogP contribution in [0.2, 0.25) is 0 Å². The summed E-state index contributed by atoms with van der Waals surface area (Å²) in [5, 5.41) is 2.99. The molecular formula is C20H25F3N2O2. The predicted octanol–water partition coefficient (Wildman–Crippen LogP) is 3.59. The van der Waals surface area contributed by atoms with E-state index in [0.717, 1.165) is 59.9 Å². The van der Waals surface area contributed by atoms with Crippen molar-refractivity contribution in [1.82, 2.24) is 9.88 Å². The number of halogens is 3. The first-order chi connectivity index (χ1) is 12.6. The minimum Gasteiger partial charge on any atom is -0.352 e. The quantitative estimate of drug-likeness (QED) is 0.865. The first kappa shape index (κ1) is 18.6. The molecule has 7 heteroatoms. The molecule has 1 amide bonds. The van der Waals surface area contributed by atoms with Crippen molar-refractivity contribution in [3.63, 3.8) is 0 Å². The number of alkyl halides is 3. The lowest BCUT2D eigenvalue weighted by Gasteiger charge is -2.59. The van der Waals surface area contributed by atoms with E-state index in [4.69, 9.17) is 0 Å². The van der Waals surface area contributed by atoms with Gasteiger partial charge in [-0.1, -0.05) is 0 Å². The van der Waals surface area contributed by atoms with Gasteiger partial charge in [0.15, 0.2) is 0 Å². The minimum absolute atomic E-state index is 0.0279. The summed E-state index contributed by atoms with van der Waals surface area (Å²) >= 11 is 0. The standard InChI is InChI=1S/C20H25F3N2O2/c1-12(19-7-13-4-14(8-19)6-15(5-13)9-19)24-17(26)11-25-10-16(20(21,22)23)2-3-18(25)27/h2-3,10,12-15H,4-9,11H2,1H3,(H,24,26)/t12-,13?,14?,15?,19?/m0/s1. The summed E-state index contributed by atoms with van der Waals surface area (Å²) in [5.74, 6) is 1.85. The summed E-state index contributed by atoms with van der Waals surface area (Å²) in [6, 6.07) is 1.58. The Bertz CT molecular complexity index is 764. The molecular weight excluding hydrogens is 357 g/mol. The maximum Gasteiger partial charge on any atom is 0.417 e. The lowest BCUT2D eigenvalue weighted by Crippen LogP contribution is -2.56. The van der Waals surface area contributed by atoms with Gasteiger partial charge in [0, 0.05) is 18.3 Å². The molecule has 1 atom stereocenters. The second kappa shape index (κ2) is 6.38. The van der Waals surface area contributed by atoms with E-state index >= 15 is 0 Å². The first-order valence-electron chi connectivity index (χ1n) is 9.72. The van der Waals surface area contributed by atoms with Gasteiger partial charge in [-0.15, -0.1) is 0 Å². The van der Waals surface area contributed by atoms with E-state index in [1.54, 1.807) is 0 Å². The number of aromatic nitrogens is 1. The molecule has 0 unspecified atom stereocenters. The number of hydrogen-bond acceptors (Lipinski definition) is 2. The van der Waals surface area contributed by atoms with Gasteiger partial charge in [-0.25, -0.2) is 0 Å². The van der Waals surface area contributed by atoms with Crippen LogP contribution in [0.5, 0.6) is 0 Å². The molecule has 4 saturated carbocycles. The molecule has 1 heterocycles. The molecule has 148 valence electrons. The second-order valence-electron chi connectivity index (χ2n) is 8.95. The molecule has 1 aromatic rings. The summed E-state index contributed by atoms with van der Waals surface area (Å²) < 4.78 is 39.4. The smallest absolute Gasteiger partial charge is 0.352 e. The zero-order valence-corrected chi connectivity index (χ0v) is 15.4. The van der Waals surface area contributed by atoms with Crippen LogP contribution in [0, 0.1) is 23.2 Å². The molecule has 0 radical (unpaired) electrons. The lowest BCUT2D eigenvalue weighted by molar-refractivity contribution is -0.138. The highest BCUT2D eigenvalue weighted by molar-refractivity contribution is 5.76. The van der Waals surface area contributed by atoms with Crippen LogP contribution in [0.15, 0.2) is 23.1 Å². The number of hydrogen-bond donors (Lipinski definition) is 1. The highest BCUT2D eigenvalue weighted by Crippen LogP contribution is 2.61. The van der Waals surface area contributed by atoms with Gasteiger partial charge in [-0.3, -0.25) is 9.59 Å². The Kier molecular flexibility index (Phi) is 4.39. The number of carbonyl (C=O) groups excluding carboxylic acids is 1. The van der Waals surface area contributed by atoms with E-state index in [-0.39, 0.29) is 18.0 Å². The SMILES string of the molecule is C[C@H](NC(=O)Cn1cc(C(F)(F)F)ccc1=O)C12CC3CC(CC(C3)C1)C2. The molecule has 1 N–H and O–H groups in total. The van der Waals surface area contributed by atoms with Gasteiger partial charge >= 0.3 is 6.18 Å². The van der Waals surface area contributed by atoms with E-state index in [1.807, 2.05) is 6.92 Å². The number of pyridine rings is 1. The van der Waals surface area contributed by atoms with Gasteiger partial charge in [-0.2, -0.15) is 13.2 Å². The topological polar surface area (TPSA) is 51.1 Å². The van der Waals surface area contributed by atoms with Gasteiger partial charge in [-0.05, 0) is 74.7 Å². The number of rotatable bonds is 4. The van der Waals surface area contributed by atoms with Crippen molar-refractivity contribution >= 4 is 5.91 Å². The Morgan fingerprint density at radius 2 is 1.74 bits per heavy atom. The van der Waals surface area contributed by atoms with Gasteiger partial charge in [0.1, 0.15) is 6.54 Å². The van der Waals surface area contributed by atoms with Crippen molar-refractivity contribution < 1.29 is 18.0 Å². The van der Waals surface area contributed by atoms with Crippen LogP contribution in [0.25, 0.3) is 0 Å². The first-order valence-corrected chi connectivity index (χ1v) is 9.72. The molecule has 4 aliphatic carbocycles. The van der Waals surface area contributed by atoms with Crippen molar-refractivity contribution in [1.29, 1.82) is 0 Å². The third kappa shape index (κ3) is 3.52. The molecule has 0 aromatic carbocycles. The largest absolute Gasteiger partial charge is 0.417 e. The van der Waals surface area contributed by atoms with E-state index in [1.165, 1.54) is 19.3 Å². The molecule has 4 fully saturated rings. The molecule has 1 aromatic heterocycles. The van der Waals surface area contributed by atoms with Crippen molar-refractivity contribution in [2.24, 2.45) is 23.2 Å². The van der Waals surface area contributed by atoms with Crippen molar-refractivity contribution in [3.05, 3.63) is 34.2 Å². The van der Waals surface area contributed by atoms with Crippen LogP contribution in [0.4, 0.5) is 13.2 Å². The lowest BCUT2D eigenvalue weighted by atomic mass is 9.48. The van der Waals surface area contributed by atoms with Gasteiger partial charge in [0.05, 0.1) is 5.56 Å². The summed E-state index contributed by atoms with van der Waals surface area (Å²) in [7, 11) is 0. The molecule has 4 aliphatic rings. The summed E-state index contributed by atoms with van der Waals surface area (Å²) in [6.07, 6.45) is 3.48. The fraction of sp³-hybridized carbons (Fsp3) is 0.700. The monoisotopic (exact) mass is 382 g/mol. The van der Waals surface area contributed by atoms with E-state index in [9.17, 15) is 22.8 Å². The van der Waals surface area contributed by atoms with Crippen LogP contribution in [-0.4, -0.2) is 16.5 Å².